The molecule has 0 atom stereocenters. The lowest BCUT2D eigenvalue weighted by molar-refractivity contribution is -0.119. The van der Waals surface area contributed by atoms with Gasteiger partial charge in [0, 0.05) is 19.8 Å². The average molecular weight is 481 g/mol. The van der Waals surface area contributed by atoms with Crippen LogP contribution in [0.3, 0.4) is 0 Å². The van der Waals surface area contributed by atoms with Gasteiger partial charge in [0.05, 0.1) is 23.9 Å². The molecule has 0 aliphatic heterocycles. The van der Waals surface area contributed by atoms with Gasteiger partial charge in [0.1, 0.15) is 12.3 Å². The third-order valence-corrected chi connectivity index (χ3v) is 6.86. The van der Waals surface area contributed by atoms with Crippen molar-refractivity contribution in [3.63, 3.8) is 0 Å². The lowest BCUT2D eigenvalue weighted by atomic mass is 10.2. The maximum atomic E-state index is 13.4. The molecule has 178 valence electrons. The van der Waals surface area contributed by atoms with Crippen LogP contribution in [0, 0.1) is 6.92 Å². The van der Waals surface area contributed by atoms with Gasteiger partial charge in [-0.3, -0.25) is 9.10 Å². The minimum Gasteiger partial charge on any atom is -0.497 e. The first-order chi connectivity index (χ1) is 16.2. The van der Waals surface area contributed by atoms with Gasteiger partial charge < -0.3 is 9.64 Å². The van der Waals surface area contributed by atoms with Crippen LogP contribution in [0.4, 0.5) is 11.4 Å². The normalized spacial score (nSPS) is 11.3. The summed E-state index contributed by atoms with van der Waals surface area (Å²) in [7, 11) is 1.42. The minimum atomic E-state index is -4.00. The lowest BCUT2D eigenvalue weighted by Crippen LogP contribution is -2.39. The summed E-state index contributed by atoms with van der Waals surface area (Å²) in [5.41, 5.74) is 5.51. The Hall–Kier alpha value is -3.85. The number of methoxy groups -OCH3 is 1. The summed E-state index contributed by atoms with van der Waals surface area (Å²) in [6, 6.07) is 20.5. The SMILES string of the molecule is COc1ccc(N(CC(=O)N/N=C\c2ccc(N(C)C)cc2)S(=O)(=O)c2ccc(C)cc2)cc1. The highest BCUT2D eigenvalue weighted by Crippen LogP contribution is 2.26. The molecule has 0 radical (unpaired) electrons. The van der Waals surface area contributed by atoms with E-state index >= 15 is 0 Å². The van der Waals surface area contributed by atoms with Crippen molar-refractivity contribution in [2.75, 3.05) is 37.0 Å². The number of hydrogen-bond donors (Lipinski definition) is 1. The van der Waals surface area contributed by atoms with E-state index in [1.54, 1.807) is 36.4 Å². The smallest absolute Gasteiger partial charge is 0.264 e. The molecular weight excluding hydrogens is 452 g/mol. The fourth-order valence-corrected chi connectivity index (χ4v) is 4.53. The number of nitrogens with one attached hydrogen (secondary N) is 1. The molecule has 0 spiro atoms. The van der Waals surface area contributed by atoms with Crippen molar-refractivity contribution in [1.29, 1.82) is 0 Å². The summed E-state index contributed by atoms with van der Waals surface area (Å²) in [5, 5.41) is 3.98. The van der Waals surface area contributed by atoms with E-state index in [-0.39, 0.29) is 4.90 Å². The van der Waals surface area contributed by atoms with Gasteiger partial charge in [0.2, 0.25) is 0 Å². The number of hydrazone groups is 1. The summed E-state index contributed by atoms with van der Waals surface area (Å²) in [6.45, 7) is 1.43. The topological polar surface area (TPSA) is 91.3 Å². The monoisotopic (exact) mass is 480 g/mol. The molecule has 34 heavy (non-hydrogen) atoms. The quantitative estimate of drug-likeness (QED) is 0.374. The Morgan fingerprint density at radius 1 is 0.941 bits per heavy atom. The van der Waals surface area contributed by atoms with E-state index in [1.807, 2.05) is 50.2 Å². The number of hydrogen-bond acceptors (Lipinski definition) is 6. The largest absolute Gasteiger partial charge is 0.497 e. The molecule has 0 aliphatic rings. The first-order valence-corrected chi connectivity index (χ1v) is 12.0. The highest BCUT2D eigenvalue weighted by molar-refractivity contribution is 7.92. The van der Waals surface area contributed by atoms with E-state index in [9.17, 15) is 13.2 Å². The van der Waals surface area contributed by atoms with Crippen LogP contribution in [0.1, 0.15) is 11.1 Å². The van der Waals surface area contributed by atoms with Crippen molar-refractivity contribution in [3.05, 3.63) is 83.9 Å². The third-order valence-electron chi connectivity index (χ3n) is 5.07. The van der Waals surface area contributed by atoms with E-state index in [4.69, 9.17) is 4.74 Å². The van der Waals surface area contributed by atoms with Crippen molar-refractivity contribution in [3.8, 4) is 5.75 Å². The molecule has 0 bridgehead atoms. The molecule has 3 aromatic rings. The summed E-state index contributed by atoms with van der Waals surface area (Å²) in [4.78, 5) is 14.7. The van der Waals surface area contributed by atoms with Crippen LogP contribution in [0.5, 0.6) is 5.75 Å². The molecule has 3 rings (SSSR count). The van der Waals surface area contributed by atoms with Crippen molar-refractivity contribution in [2.45, 2.75) is 11.8 Å². The van der Waals surface area contributed by atoms with Crippen molar-refractivity contribution < 1.29 is 17.9 Å². The third kappa shape index (κ3) is 6.14. The van der Waals surface area contributed by atoms with Gasteiger partial charge in [0.15, 0.2) is 0 Å². The number of ether oxygens (including phenoxy) is 1. The molecule has 0 aromatic heterocycles. The molecule has 9 heteroatoms. The molecule has 0 saturated heterocycles. The first-order valence-electron chi connectivity index (χ1n) is 10.5. The fraction of sp³-hybridized carbons (Fsp3) is 0.200. The van der Waals surface area contributed by atoms with E-state index in [0.29, 0.717) is 11.4 Å². The van der Waals surface area contributed by atoms with E-state index in [1.165, 1.54) is 25.5 Å². The van der Waals surface area contributed by atoms with Gasteiger partial charge in [-0.2, -0.15) is 5.10 Å². The van der Waals surface area contributed by atoms with Gasteiger partial charge in [-0.1, -0.05) is 29.8 Å². The van der Waals surface area contributed by atoms with Crippen LogP contribution in [-0.2, 0) is 14.8 Å². The summed E-state index contributed by atoms with van der Waals surface area (Å²) in [5.74, 6) is -0.00145. The first kappa shape index (κ1) is 24.8. The summed E-state index contributed by atoms with van der Waals surface area (Å²) < 4.78 is 33.0. The van der Waals surface area contributed by atoms with Crippen molar-refractivity contribution in [2.24, 2.45) is 5.10 Å². The highest BCUT2D eigenvalue weighted by atomic mass is 32.2. The molecule has 0 unspecified atom stereocenters. The number of benzene rings is 3. The molecule has 0 aliphatic carbocycles. The summed E-state index contributed by atoms with van der Waals surface area (Å²) >= 11 is 0. The van der Waals surface area contributed by atoms with Gasteiger partial charge in [-0.25, -0.2) is 13.8 Å². The van der Waals surface area contributed by atoms with E-state index < -0.39 is 22.5 Å². The van der Waals surface area contributed by atoms with Crippen molar-refractivity contribution >= 4 is 33.5 Å². The van der Waals surface area contributed by atoms with Gasteiger partial charge in [0.25, 0.3) is 15.9 Å². The number of amides is 1. The zero-order valence-electron chi connectivity index (χ0n) is 19.6. The predicted octanol–water partition coefficient (Wildman–Crippen LogP) is 3.42. The molecular formula is C25H28N4O4S. The molecule has 8 nitrogen and oxygen atoms in total. The van der Waals surface area contributed by atoms with Crippen LogP contribution < -0.4 is 19.4 Å². The predicted molar refractivity (Wildman–Crippen MR) is 135 cm³/mol. The number of rotatable bonds is 9. The molecule has 0 saturated carbocycles. The van der Waals surface area contributed by atoms with Gasteiger partial charge in [-0.15, -0.1) is 0 Å². The number of carbonyl (C=O) groups excluding carboxylic acids is 1. The molecule has 1 amide bonds. The lowest BCUT2D eigenvalue weighted by Gasteiger charge is -2.24. The Bertz CT molecular complexity index is 1240. The molecule has 0 heterocycles. The molecule has 1 N–H and O–H groups in total. The second-order valence-electron chi connectivity index (χ2n) is 7.80. The Balaban J connectivity index is 1.80. The van der Waals surface area contributed by atoms with Crippen LogP contribution in [-0.4, -0.2) is 48.3 Å². The number of anilines is 2. The maximum Gasteiger partial charge on any atom is 0.264 e. The zero-order chi connectivity index (χ0) is 24.7. The van der Waals surface area contributed by atoms with Crippen LogP contribution in [0.25, 0.3) is 0 Å². The fourth-order valence-electron chi connectivity index (χ4n) is 3.10. The molecule has 0 fully saturated rings. The molecule has 3 aromatic carbocycles. The maximum absolute atomic E-state index is 13.4. The summed E-state index contributed by atoms with van der Waals surface area (Å²) in [6.07, 6.45) is 1.50. The Kier molecular flexibility index (Phi) is 7.91. The standard InChI is InChI=1S/C25H28N4O4S/c1-19-5-15-24(16-6-19)34(31,32)29(22-11-13-23(33-4)14-12-22)18-25(30)27-26-17-20-7-9-21(10-8-20)28(2)3/h5-17H,18H2,1-4H3,(H,27,30)/b26-17-. The highest BCUT2D eigenvalue weighted by Gasteiger charge is 2.27. The van der Waals surface area contributed by atoms with Gasteiger partial charge >= 0.3 is 0 Å². The number of nitrogens with zero attached hydrogens (tertiary/aromatic N) is 3. The van der Waals surface area contributed by atoms with E-state index in [0.717, 1.165) is 21.1 Å². The second kappa shape index (κ2) is 10.8. The van der Waals surface area contributed by atoms with Crippen LogP contribution in [0.2, 0.25) is 0 Å². The van der Waals surface area contributed by atoms with Crippen LogP contribution >= 0.6 is 0 Å². The van der Waals surface area contributed by atoms with E-state index in [2.05, 4.69) is 10.5 Å². The average Bonchev–Trinajstić information content (AvgIpc) is 2.83. The zero-order valence-corrected chi connectivity index (χ0v) is 20.4. The van der Waals surface area contributed by atoms with Gasteiger partial charge in [-0.05, 0) is 61.0 Å². The van der Waals surface area contributed by atoms with Crippen LogP contribution in [0.15, 0.2) is 82.8 Å². The number of sulfonamides is 1. The number of aryl methyl sites for hydroxylation is 1. The Morgan fingerprint density at radius 3 is 2.09 bits per heavy atom. The number of carbonyl (C=O) groups is 1. The Labute approximate surface area is 200 Å². The second-order valence-corrected chi connectivity index (χ2v) is 9.66. The Morgan fingerprint density at radius 2 is 1.53 bits per heavy atom. The van der Waals surface area contributed by atoms with Crippen molar-refractivity contribution in [1.82, 2.24) is 5.43 Å². The minimum absolute atomic E-state index is 0.0891.